The molecule has 1 aromatic heterocycles. The van der Waals surface area contributed by atoms with Crippen LogP contribution in [0.1, 0.15) is 18.4 Å². The van der Waals surface area contributed by atoms with E-state index in [-0.39, 0.29) is 0 Å². The molecular formula is C14H17NS2. The second kappa shape index (κ2) is 4.63. The lowest BCUT2D eigenvalue weighted by Crippen LogP contribution is -2.34. The molecule has 17 heavy (non-hydrogen) atoms. The van der Waals surface area contributed by atoms with Crippen molar-refractivity contribution < 1.29 is 0 Å². The third-order valence-corrected chi connectivity index (χ3v) is 6.26. The molecule has 1 fully saturated rings. The Kier molecular flexibility index (Phi) is 3.16. The summed E-state index contributed by atoms with van der Waals surface area (Å²) in [7, 11) is 0. The van der Waals surface area contributed by atoms with Gasteiger partial charge in [-0.2, -0.15) is 11.8 Å². The Bertz CT molecular complexity index is 512. The third kappa shape index (κ3) is 2.12. The van der Waals surface area contributed by atoms with Crippen molar-refractivity contribution in [1.29, 1.82) is 0 Å². The molecule has 0 saturated carbocycles. The average molecular weight is 263 g/mol. The number of thioether (sulfide) groups is 1. The van der Waals surface area contributed by atoms with E-state index in [1.54, 1.807) is 0 Å². The summed E-state index contributed by atoms with van der Waals surface area (Å²) in [6.45, 7) is 0.807. The van der Waals surface area contributed by atoms with Gasteiger partial charge in [-0.3, -0.25) is 0 Å². The highest BCUT2D eigenvalue weighted by molar-refractivity contribution is 8.00. The molecule has 2 aromatic rings. The average Bonchev–Trinajstić information content (AvgIpc) is 2.99. The maximum absolute atomic E-state index is 6.01. The molecule has 1 saturated heterocycles. The van der Waals surface area contributed by atoms with E-state index in [1.165, 1.54) is 34.2 Å². The first-order valence-electron chi connectivity index (χ1n) is 6.12. The fraction of sp³-hybridized carbons (Fsp3) is 0.429. The highest BCUT2D eigenvalue weighted by Gasteiger charge is 2.33. The van der Waals surface area contributed by atoms with Crippen LogP contribution < -0.4 is 5.73 Å². The smallest absolute Gasteiger partial charge is 0.0345 e. The maximum atomic E-state index is 6.01. The SMILES string of the molecule is NCC1(Cc2csc3ccccc23)CCCS1. The van der Waals surface area contributed by atoms with E-state index >= 15 is 0 Å². The number of hydrogen-bond donors (Lipinski definition) is 1. The van der Waals surface area contributed by atoms with Crippen molar-refractivity contribution in [3.8, 4) is 0 Å². The number of fused-ring (bicyclic) bond motifs is 1. The summed E-state index contributed by atoms with van der Waals surface area (Å²) in [5, 5.41) is 3.75. The van der Waals surface area contributed by atoms with Crippen molar-refractivity contribution in [3.05, 3.63) is 35.2 Å². The Morgan fingerprint density at radius 3 is 2.94 bits per heavy atom. The summed E-state index contributed by atoms with van der Waals surface area (Å²) in [6.07, 6.45) is 3.74. The predicted molar refractivity (Wildman–Crippen MR) is 79.0 cm³/mol. The normalized spacial score (nSPS) is 24.5. The largest absolute Gasteiger partial charge is 0.329 e. The van der Waals surface area contributed by atoms with Gasteiger partial charge in [0.15, 0.2) is 0 Å². The van der Waals surface area contributed by atoms with E-state index in [2.05, 4.69) is 41.4 Å². The zero-order chi connectivity index (χ0) is 11.7. The van der Waals surface area contributed by atoms with E-state index in [9.17, 15) is 0 Å². The summed E-state index contributed by atoms with van der Waals surface area (Å²) >= 11 is 3.93. The maximum Gasteiger partial charge on any atom is 0.0345 e. The molecule has 0 radical (unpaired) electrons. The molecule has 0 spiro atoms. The fourth-order valence-corrected chi connectivity index (χ4v) is 4.99. The van der Waals surface area contributed by atoms with Gasteiger partial charge in [0.2, 0.25) is 0 Å². The lowest BCUT2D eigenvalue weighted by Gasteiger charge is -2.26. The van der Waals surface area contributed by atoms with Crippen LogP contribution in [0, 0.1) is 0 Å². The van der Waals surface area contributed by atoms with Gasteiger partial charge in [-0.25, -0.2) is 0 Å². The van der Waals surface area contributed by atoms with Gasteiger partial charge >= 0.3 is 0 Å². The molecule has 3 rings (SSSR count). The van der Waals surface area contributed by atoms with Crippen molar-refractivity contribution in [1.82, 2.24) is 0 Å². The van der Waals surface area contributed by atoms with Crippen LogP contribution in [0.3, 0.4) is 0 Å². The molecule has 1 nitrogen and oxygen atoms in total. The first-order chi connectivity index (χ1) is 8.33. The monoisotopic (exact) mass is 263 g/mol. The van der Waals surface area contributed by atoms with Crippen LogP contribution in [0.15, 0.2) is 29.6 Å². The molecule has 1 aliphatic rings. The van der Waals surface area contributed by atoms with Gasteiger partial charge in [-0.15, -0.1) is 11.3 Å². The first-order valence-corrected chi connectivity index (χ1v) is 7.99. The second-order valence-corrected chi connectivity index (χ2v) is 7.25. The molecule has 0 bridgehead atoms. The number of nitrogens with two attached hydrogens (primary N) is 1. The number of hydrogen-bond acceptors (Lipinski definition) is 3. The molecule has 2 heterocycles. The molecule has 90 valence electrons. The molecular weight excluding hydrogens is 246 g/mol. The first kappa shape index (κ1) is 11.6. The number of benzene rings is 1. The molecule has 1 unspecified atom stereocenters. The Hall–Kier alpha value is -0.510. The van der Waals surface area contributed by atoms with Crippen molar-refractivity contribution in [2.75, 3.05) is 12.3 Å². The van der Waals surface area contributed by atoms with Crippen LogP contribution in [0.5, 0.6) is 0 Å². The topological polar surface area (TPSA) is 26.0 Å². The highest BCUT2D eigenvalue weighted by Crippen LogP contribution is 2.41. The molecule has 1 atom stereocenters. The molecule has 3 heteroatoms. The molecule has 0 amide bonds. The number of rotatable bonds is 3. The summed E-state index contributed by atoms with van der Waals surface area (Å²) in [5.74, 6) is 1.28. The van der Waals surface area contributed by atoms with Gasteiger partial charge in [-0.05, 0) is 47.4 Å². The van der Waals surface area contributed by atoms with Crippen molar-refractivity contribution in [2.45, 2.75) is 24.0 Å². The Labute approximate surface area is 110 Å². The minimum absolute atomic E-state index is 0.309. The van der Waals surface area contributed by atoms with Crippen molar-refractivity contribution in [3.63, 3.8) is 0 Å². The van der Waals surface area contributed by atoms with E-state index in [0.29, 0.717) is 4.75 Å². The van der Waals surface area contributed by atoms with Gasteiger partial charge in [0.25, 0.3) is 0 Å². The quantitative estimate of drug-likeness (QED) is 0.914. The van der Waals surface area contributed by atoms with Gasteiger partial charge in [-0.1, -0.05) is 18.2 Å². The summed E-state index contributed by atoms with van der Waals surface area (Å²) < 4.78 is 1.71. The van der Waals surface area contributed by atoms with Crippen molar-refractivity contribution in [2.24, 2.45) is 5.73 Å². The standard InChI is InChI=1S/C14H17NS2/c15-10-14(6-3-7-17-14)8-11-9-16-13-5-2-1-4-12(11)13/h1-2,4-5,9H,3,6-8,10,15H2. The van der Waals surface area contributed by atoms with Gasteiger partial charge in [0.1, 0.15) is 0 Å². The van der Waals surface area contributed by atoms with Crippen LogP contribution in [-0.2, 0) is 6.42 Å². The van der Waals surface area contributed by atoms with Crippen LogP contribution in [0.25, 0.3) is 10.1 Å². The molecule has 1 aliphatic heterocycles. The second-order valence-electron chi connectivity index (χ2n) is 4.77. The summed E-state index contributed by atoms with van der Waals surface area (Å²) in [4.78, 5) is 0. The van der Waals surface area contributed by atoms with Gasteiger partial charge in [0, 0.05) is 16.0 Å². The highest BCUT2D eigenvalue weighted by atomic mass is 32.2. The van der Waals surface area contributed by atoms with Crippen molar-refractivity contribution >= 4 is 33.2 Å². The number of thiophene rings is 1. The van der Waals surface area contributed by atoms with Crippen LogP contribution in [-0.4, -0.2) is 17.0 Å². The third-order valence-electron chi connectivity index (χ3n) is 3.63. The van der Waals surface area contributed by atoms with Crippen LogP contribution in [0.4, 0.5) is 0 Å². The zero-order valence-corrected chi connectivity index (χ0v) is 11.4. The molecule has 2 N–H and O–H groups in total. The Balaban J connectivity index is 1.94. The lowest BCUT2D eigenvalue weighted by atomic mass is 9.94. The Morgan fingerprint density at radius 1 is 1.29 bits per heavy atom. The van der Waals surface area contributed by atoms with E-state index in [1.807, 2.05) is 11.3 Å². The van der Waals surface area contributed by atoms with E-state index in [0.717, 1.165) is 13.0 Å². The Morgan fingerprint density at radius 2 is 2.18 bits per heavy atom. The van der Waals surface area contributed by atoms with Gasteiger partial charge in [0.05, 0.1) is 0 Å². The molecule has 0 aliphatic carbocycles. The zero-order valence-electron chi connectivity index (χ0n) is 9.82. The predicted octanol–water partition coefficient (Wildman–Crippen LogP) is 3.67. The van der Waals surface area contributed by atoms with E-state index in [4.69, 9.17) is 5.73 Å². The van der Waals surface area contributed by atoms with E-state index < -0.39 is 0 Å². The fourth-order valence-electron chi connectivity index (χ4n) is 2.64. The molecule has 1 aromatic carbocycles. The summed E-state index contributed by atoms with van der Waals surface area (Å²) in [6, 6.07) is 8.70. The lowest BCUT2D eigenvalue weighted by molar-refractivity contribution is 0.567. The minimum atomic E-state index is 0.309. The van der Waals surface area contributed by atoms with Gasteiger partial charge < -0.3 is 5.73 Å². The van der Waals surface area contributed by atoms with Crippen LogP contribution in [0.2, 0.25) is 0 Å². The summed E-state index contributed by atoms with van der Waals surface area (Å²) in [5.41, 5.74) is 7.50. The van der Waals surface area contributed by atoms with Crippen LogP contribution >= 0.6 is 23.1 Å². The minimum Gasteiger partial charge on any atom is -0.329 e.